The fourth-order valence-electron chi connectivity index (χ4n) is 2.16. The van der Waals surface area contributed by atoms with Crippen LogP contribution in [0.25, 0.3) is 0 Å². The van der Waals surface area contributed by atoms with Crippen LogP contribution < -0.4 is 5.32 Å². The molecule has 1 atom stereocenters. The summed E-state index contributed by atoms with van der Waals surface area (Å²) in [5.74, 6) is 0.715. The quantitative estimate of drug-likeness (QED) is 0.769. The van der Waals surface area contributed by atoms with Crippen LogP contribution >= 0.6 is 0 Å². The first-order valence-electron chi connectivity index (χ1n) is 7.18. The molecule has 0 saturated heterocycles. The molecule has 0 amide bonds. The number of hydrogen-bond acceptors (Lipinski definition) is 3. The fraction of sp³-hybridized carbons (Fsp3) is 0.733. The highest BCUT2D eigenvalue weighted by molar-refractivity contribution is 5.09. The van der Waals surface area contributed by atoms with E-state index in [1.165, 1.54) is 12.8 Å². The van der Waals surface area contributed by atoms with Gasteiger partial charge in [-0.15, -0.1) is 0 Å². The van der Waals surface area contributed by atoms with Crippen LogP contribution in [0.1, 0.15) is 51.9 Å². The zero-order chi connectivity index (χ0) is 13.4. The molecule has 1 aromatic heterocycles. The van der Waals surface area contributed by atoms with Crippen molar-refractivity contribution in [2.45, 2.75) is 59.4 Å². The van der Waals surface area contributed by atoms with Gasteiger partial charge in [-0.05, 0) is 37.8 Å². The van der Waals surface area contributed by atoms with Gasteiger partial charge in [0.2, 0.25) is 0 Å². The van der Waals surface area contributed by atoms with Crippen molar-refractivity contribution in [3.05, 3.63) is 23.8 Å². The lowest BCUT2D eigenvalue weighted by Gasteiger charge is -2.20. The molecule has 18 heavy (non-hydrogen) atoms. The second kappa shape index (κ2) is 8.20. The SMILES string of the molecule is CCCNC(Cc1cc(CC)ncn1)CC(C)C. The molecule has 0 spiro atoms. The second-order valence-electron chi connectivity index (χ2n) is 5.34. The summed E-state index contributed by atoms with van der Waals surface area (Å²) >= 11 is 0. The van der Waals surface area contributed by atoms with E-state index in [4.69, 9.17) is 0 Å². The number of rotatable bonds is 8. The summed E-state index contributed by atoms with van der Waals surface area (Å²) in [7, 11) is 0. The van der Waals surface area contributed by atoms with Gasteiger partial charge < -0.3 is 5.32 Å². The van der Waals surface area contributed by atoms with Gasteiger partial charge in [-0.1, -0.05) is 27.7 Å². The van der Waals surface area contributed by atoms with Gasteiger partial charge in [0, 0.05) is 23.9 Å². The Morgan fingerprint density at radius 1 is 1.17 bits per heavy atom. The lowest BCUT2D eigenvalue weighted by atomic mass is 9.99. The highest BCUT2D eigenvalue weighted by Crippen LogP contribution is 2.10. The van der Waals surface area contributed by atoms with E-state index in [9.17, 15) is 0 Å². The molecule has 0 aliphatic carbocycles. The van der Waals surface area contributed by atoms with Crippen LogP contribution in [0, 0.1) is 5.92 Å². The first-order chi connectivity index (χ1) is 8.65. The van der Waals surface area contributed by atoms with Crippen molar-refractivity contribution in [3.8, 4) is 0 Å². The number of nitrogens with one attached hydrogen (secondary N) is 1. The topological polar surface area (TPSA) is 37.8 Å². The molecule has 0 bridgehead atoms. The van der Waals surface area contributed by atoms with Crippen molar-refractivity contribution < 1.29 is 0 Å². The Balaban J connectivity index is 2.62. The Kier molecular flexibility index (Phi) is 6.88. The molecule has 1 aromatic rings. The van der Waals surface area contributed by atoms with Gasteiger partial charge in [0.15, 0.2) is 0 Å². The smallest absolute Gasteiger partial charge is 0.115 e. The molecule has 0 saturated carbocycles. The fourth-order valence-corrected chi connectivity index (χ4v) is 2.16. The summed E-state index contributed by atoms with van der Waals surface area (Å²) in [6, 6.07) is 2.67. The van der Waals surface area contributed by atoms with Gasteiger partial charge >= 0.3 is 0 Å². The maximum absolute atomic E-state index is 4.39. The summed E-state index contributed by atoms with van der Waals surface area (Å²) in [5, 5.41) is 3.63. The lowest BCUT2D eigenvalue weighted by molar-refractivity contribution is 0.413. The lowest BCUT2D eigenvalue weighted by Crippen LogP contribution is -2.33. The van der Waals surface area contributed by atoms with Gasteiger partial charge in [-0.2, -0.15) is 0 Å². The molecule has 3 heteroatoms. The number of hydrogen-bond donors (Lipinski definition) is 1. The van der Waals surface area contributed by atoms with Gasteiger partial charge in [-0.25, -0.2) is 9.97 Å². The van der Waals surface area contributed by atoms with Crippen molar-refractivity contribution in [3.63, 3.8) is 0 Å². The van der Waals surface area contributed by atoms with Crippen LogP contribution in [0.3, 0.4) is 0 Å². The molecular formula is C15H27N3. The Hall–Kier alpha value is -0.960. The monoisotopic (exact) mass is 249 g/mol. The van der Waals surface area contributed by atoms with E-state index in [1.54, 1.807) is 6.33 Å². The van der Waals surface area contributed by atoms with Crippen molar-refractivity contribution in [2.24, 2.45) is 5.92 Å². The average Bonchev–Trinajstić information content (AvgIpc) is 2.35. The molecule has 1 heterocycles. The highest BCUT2D eigenvalue weighted by atomic mass is 14.9. The van der Waals surface area contributed by atoms with Crippen LogP contribution in [0.4, 0.5) is 0 Å². The van der Waals surface area contributed by atoms with Crippen molar-refractivity contribution in [2.75, 3.05) is 6.54 Å². The number of nitrogens with zero attached hydrogens (tertiary/aromatic N) is 2. The normalized spacial score (nSPS) is 12.9. The standard InChI is InChI=1S/C15H27N3/c1-5-7-16-14(8-12(3)4)10-15-9-13(6-2)17-11-18-15/h9,11-12,14,16H,5-8,10H2,1-4H3. The molecule has 0 radical (unpaired) electrons. The molecule has 1 unspecified atom stereocenters. The zero-order valence-electron chi connectivity index (χ0n) is 12.2. The van der Waals surface area contributed by atoms with Gasteiger partial charge in [0.1, 0.15) is 6.33 Å². The molecule has 0 aliphatic rings. The van der Waals surface area contributed by atoms with Crippen LogP contribution in [0.15, 0.2) is 12.4 Å². The minimum atomic E-state index is 0.532. The van der Waals surface area contributed by atoms with E-state index < -0.39 is 0 Å². The maximum atomic E-state index is 4.39. The summed E-state index contributed by atoms with van der Waals surface area (Å²) in [4.78, 5) is 8.65. The maximum Gasteiger partial charge on any atom is 0.115 e. The molecule has 1 rings (SSSR count). The molecule has 0 aliphatic heterocycles. The Bertz CT molecular complexity index is 336. The Morgan fingerprint density at radius 2 is 1.89 bits per heavy atom. The first-order valence-corrected chi connectivity index (χ1v) is 7.18. The predicted molar refractivity (Wildman–Crippen MR) is 76.7 cm³/mol. The highest BCUT2D eigenvalue weighted by Gasteiger charge is 2.12. The first kappa shape index (κ1) is 15.1. The molecular weight excluding hydrogens is 222 g/mol. The number of aryl methyl sites for hydroxylation is 1. The van der Waals surface area contributed by atoms with E-state index in [0.717, 1.165) is 30.8 Å². The van der Waals surface area contributed by atoms with Crippen LogP contribution in [-0.4, -0.2) is 22.6 Å². The second-order valence-corrected chi connectivity index (χ2v) is 5.34. The van der Waals surface area contributed by atoms with Gasteiger partial charge in [0.25, 0.3) is 0 Å². The van der Waals surface area contributed by atoms with Crippen LogP contribution in [-0.2, 0) is 12.8 Å². The Labute approximate surface area is 111 Å². The van der Waals surface area contributed by atoms with Crippen LogP contribution in [0.5, 0.6) is 0 Å². The third-order valence-corrected chi connectivity index (χ3v) is 3.04. The van der Waals surface area contributed by atoms with Gasteiger partial charge in [0.05, 0.1) is 0 Å². The van der Waals surface area contributed by atoms with E-state index >= 15 is 0 Å². The summed E-state index contributed by atoms with van der Waals surface area (Å²) in [6.45, 7) is 9.98. The number of aromatic nitrogens is 2. The van der Waals surface area contributed by atoms with E-state index in [2.05, 4.69) is 49.0 Å². The predicted octanol–water partition coefficient (Wildman–Crippen LogP) is 3.00. The van der Waals surface area contributed by atoms with Crippen LogP contribution in [0.2, 0.25) is 0 Å². The minimum Gasteiger partial charge on any atom is -0.314 e. The van der Waals surface area contributed by atoms with Crippen molar-refractivity contribution in [1.29, 1.82) is 0 Å². The minimum absolute atomic E-state index is 0.532. The third kappa shape index (κ3) is 5.58. The Morgan fingerprint density at radius 3 is 2.50 bits per heavy atom. The van der Waals surface area contributed by atoms with E-state index in [1.807, 2.05) is 0 Å². The summed E-state index contributed by atoms with van der Waals surface area (Å²) in [5.41, 5.74) is 2.30. The zero-order valence-corrected chi connectivity index (χ0v) is 12.2. The molecule has 1 N–H and O–H groups in total. The average molecular weight is 249 g/mol. The molecule has 3 nitrogen and oxygen atoms in total. The summed E-state index contributed by atoms with van der Waals surface area (Å²) in [6.07, 6.45) is 6.06. The summed E-state index contributed by atoms with van der Waals surface area (Å²) < 4.78 is 0. The molecule has 0 aromatic carbocycles. The van der Waals surface area contributed by atoms with E-state index in [-0.39, 0.29) is 0 Å². The van der Waals surface area contributed by atoms with Gasteiger partial charge in [-0.3, -0.25) is 0 Å². The molecule has 102 valence electrons. The van der Waals surface area contributed by atoms with Crippen molar-refractivity contribution >= 4 is 0 Å². The molecule has 0 fully saturated rings. The third-order valence-electron chi connectivity index (χ3n) is 3.04. The van der Waals surface area contributed by atoms with Crippen molar-refractivity contribution in [1.82, 2.24) is 15.3 Å². The largest absolute Gasteiger partial charge is 0.314 e. The van der Waals surface area contributed by atoms with E-state index in [0.29, 0.717) is 12.0 Å².